The van der Waals surface area contributed by atoms with Gasteiger partial charge in [-0.05, 0) is 62.3 Å². The van der Waals surface area contributed by atoms with Gasteiger partial charge in [0.25, 0.3) is 0 Å². The molecule has 3 aromatic rings. The van der Waals surface area contributed by atoms with E-state index in [2.05, 4.69) is 57.9 Å². The number of carbonyl (C=O) groups is 2. The smallest absolute Gasteiger partial charge is 0.240 e. The summed E-state index contributed by atoms with van der Waals surface area (Å²) in [5.41, 5.74) is 8.93. The molecular weight excluding hydrogens is 547 g/mol. The summed E-state index contributed by atoms with van der Waals surface area (Å²) in [7, 11) is 4.21. The number of piperazine rings is 1. The summed E-state index contributed by atoms with van der Waals surface area (Å²) in [4.78, 5) is 41.3. The number of aromatic nitrogens is 2. The Balaban J connectivity index is 1.21. The molecule has 228 valence electrons. The number of nitrogens with zero attached hydrogens (tertiary/aromatic N) is 6. The van der Waals surface area contributed by atoms with E-state index in [1.807, 2.05) is 24.3 Å². The van der Waals surface area contributed by atoms with Crippen LogP contribution in [0, 0.1) is 11.2 Å². The first-order chi connectivity index (χ1) is 20.5. The minimum atomic E-state index is -0.630. The van der Waals surface area contributed by atoms with Gasteiger partial charge in [-0.15, -0.1) is 0 Å². The summed E-state index contributed by atoms with van der Waals surface area (Å²) >= 11 is 0. The van der Waals surface area contributed by atoms with Crippen LogP contribution in [0.5, 0.6) is 0 Å². The Morgan fingerprint density at radius 2 is 1.81 bits per heavy atom. The average Bonchev–Trinajstić information content (AvgIpc) is 3.35. The molecule has 0 radical (unpaired) electrons. The molecule has 2 amide bonds. The Morgan fingerprint density at radius 3 is 2.47 bits per heavy atom. The number of carbonyl (C=O) groups excluding carboxylic acids is 2. The number of rotatable bonds is 10. The molecule has 1 aromatic heterocycles. The van der Waals surface area contributed by atoms with Crippen LogP contribution in [0.25, 0.3) is 11.3 Å². The monoisotopic (exact) mass is 588 g/mol. The van der Waals surface area contributed by atoms with Crippen LogP contribution in [0.15, 0.2) is 54.7 Å². The molecule has 0 spiro atoms. The van der Waals surface area contributed by atoms with Gasteiger partial charge in [-0.3, -0.25) is 19.4 Å². The lowest BCUT2D eigenvalue weighted by Crippen LogP contribution is -2.50. The third-order valence-electron chi connectivity index (χ3n) is 7.95. The Labute approximate surface area is 252 Å². The molecule has 1 atom stereocenters. The van der Waals surface area contributed by atoms with E-state index in [0.29, 0.717) is 41.5 Å². The Kier molecular flexibility index (Phi) is 8.93. The highest BCUT2D eigenvalue weighted by Gasteiger charge is 2.35. The third kappa shape index (κ3) is 7.29. The molecule has 3 heterocycles. The van der Waals surface area contributed by atoms with E-state index in [4.69, 9.17) is 5.73 Å². The Bertz CT molecular complexity index is 1450. The van der Waals surface area contributed by atoms with Gasteiger partial charge in [-0.1, -0.05) is 26.0 Å². The van der Waals surface area contributed by atoms with Gasteiger partial charge >= 0.3 is 0 Å². The zero-order chi connectivity index (χ0) is 30.7. The maximum absolute atomic E-state index is 15.3. The van der Waals surface area contributed by atoms with Crippen LogP contribution in [0.2, 0.25) is 0 Å². The highest BCUT2D eigenvalue weighted by Crippen LogP contribution is 2.30. The fraction of sp³-hybridized carbons (Fsp3) is 0.438. The number of hydrogen-bond donors (Lipinski definition) is 2. The highest BCUT2D eigenvalue weighted by atomic mass is 19.1. The molecule has 1 unspecified atom stereocenters. The van der Waals surface area contributed by atoms with Crippen molar-refractivity contribution in [1.29, 1.82) is 0 Å². The van der Waals surface area contributed by atoms with Crippen molar-refractivity contribution in [2.24, 2.45) is 11.1 Å². The quantitative estimate of drug-likeness (QED) is 0.369. The second kappa shape index (κ2) is 12.6. The second-order valence-electron chi connectivity index (χ2n) is 12.5. The topological polar surface area (TPSA) is 111 Å². The predicted molar refractivity (Wildman–Crippen MR) is 168 cm³/mol. The van der Waals surface area contributed by atoms with Crippen molar-refractivity contribution < 1.29 is 14.0 Å². The van der Waals surface area contributed by atoms with E-state index in [1.54, 1.807) is 24.4 Å². The van der Waals surface area contributed by atoms with Crippen molar-refractivity contribution in [1.82, 2.24) is 19.8 Å². The molecule has 0 bridgehead atoms. The summed E-state index contributed by atoms with van der Waals surface area (Å²) in [6, 6.07) is 13.5. The fourth-order valence-electron chi connectivity index (χ4n) is 6.28. The zero-order valence-electron chi connectivity index (χ0n) is 25.4. The van der Waals surface area contributed by atoms with E-state index < -0.39 is 11.9 Å². The molecule has 43 heavy (non-hydrogen) atoms. The average molecular weight is 589 g/mol. The van der Waals surface area contributed by atoms with Gasteiger partial charge in [0.2, 0.25) is 17.8 Å². The predicted octanol–water partition coefficient (Wildman–Crippen LogP) is 3.72. The molecule has 10 nitrogen and oxygen atoms in total. The van der Waals surface area contributed by atoms with Crippen molar-refractivity contribution in [3.8, 4) is 11.3 Å². The number of amides is 2. The first-order valence-electron chi connectivity index (χ1n) is 14.7. The molecule has 0 saturated carbocycles. The van der Waals surface area contributed by atoms with Crippen LogP contribution < -0.4 is 20.9 Å². The summed E-state index contributed by atoms with van der Waals surface area (Å²) in [5.74, 6) is -0.580. The summed E-state index contributed by atoms with van der Waals surface area (Å²) in [6.07, 6.45) is 2.35. The molecule has 2 saturated heterocycles. The van der Waals surface area contributed by atoms with Gasteiger partial charge in [0, 0.05) is 68.8 Å². The Morgan fingerprint density at radius 1 is 1.09 bits per heavy atom. The molecule has 11 heteroatoms. The minimum Gasteiger partial charge on any atom is -0.368 e. The lowest BCUT2D eigenvalue weighted by Gasteiger charge is -2.40. The lowest BCUT2D eigenvalue weighted by atomic mass is 9.92. The van der Waals surface area contributed by atoms with Gasteiger partial charge in [-0.2, -0.15) is 0 Å². The first kappa shape index (κ1) is 30.4. The van der Waals surface area contributed by atoms with Crippen LogP contribution in [0.1, 0.15) is 26.7 Å². The maximum Gasteiger partial charge on any atom is 0.240 e. The van der Waals surface area contributed by atoms with Crippen molar-refractivity contribution in [2.45, 2.75) is 32.7 Å². The minimum absolute atomic E-state index is 0.120. The van der Waals surface area contributed by atoms with Gasteiger partial charge < -0.3 is 20.9 Å². The molecule has 2 aliphatic rings. The van der Waals surface area contributed by atoms with Gasteiger partial charge in [-0.25, -0.2) is 14.4 Å². The number of primary amides is 1. The number of hydrogen-bond acceptors (Lipinski definition) is 8. The van der Waals surface area contributed by atoms with Gasteiger partial charge in [0.1, 0.15) is 11.9 Å². The van der Waals surface area contributed by atoms with E-state index in [1.165, 1.54) is 11.0 Å². The SMILES string of the molecule is CN(C)CC(C)(C)CN1CCN(c2ccc(Nc3nccc(-c4ccc(N5C(=O)CCC5C(N)=O)cc4)n3)cc2F)CC1. The number of nitrogens with two attached hydrogens (primary N) is 1. The van der Waals surface area contributed by atoms with Crippen LogP contribution in [0.3, 0.4) is 0 Å². The van der Waals surface area contributed by atoms with Crippen LogP contribution in [-0.4, -0.2) is 91.0 Å². The van der Waals surface area contributed by atoms with Crippen molar-refractivity contribution in [3.05, 3.63) is 60.5 Å². The second-order valence-corrected chi connectivity index (χ2v) is 12.5. The van der Waals surface area contributed by atoms with Crippen molar-refractivity contribution >= 4 is 34.8 Å². The Hall–Kier alpha value is -4.09. The van der Waals surface area contributed by atoms with Gasteiger partial charge in [0.05, 0.1) is 11.4 Å². The lowest BCUT2D eigenvalue weighted by molar-refractivity contribution is -0.121. The summed E-state index contributed by atoms with van der Waals surface area (Å²) in [6.45, 7) is 9.98. The van der Waals surface area contributed by atoms with E-state index in [9.17, 15) is 9.59 Å². The molecule has 2 fully saturated rings. The maximum atomic E-state index is 15.3. The molecule has 3 N–H and O–H groups in total. The molecule has 0 aliphatic carbocycles. The van der Waals surface area contributed by atoms with E-state index in [0.717, 1.165) is 44.8 Å². The van der Waals surface area contributed by atoms with Crippen LogP contribution in [-0.2, 0) is 9.59 Å². The zero-order valence-corrected chi connectivity index (χ0v) is 25.4. The van der Waals surface area contributed by atoms with E-state index >= 15 is 4.39 Å². The third-order valence-corrected chi connectivity index (χ3v) is 7.95. The number of benzene rings is 2. The highest BCUT2D eigenvalue weighted by molar-refractivity contribution is 6.03. The standard InChI is InChI=1S/C32H41FN8O2/c1-32(2,20-38(3)4)21-39-15-17-40(18-16-39)27-10-7-23(19-25(27)33)36-31-35-14-13-26(37-31)22-5-8-24(9-6-22)41-28(30(34)43)11-12-29(41)42/h5-10,13-14,19,28H,11-12,15-18,20-21H2,1-4H3,(H2,34,43)(H,35,36,37). The summed E-state index contributed by atoms with van der Waals surface area (Å²) < 4.78 is 15.3. The number of halogens is 1. The molecule has 5 rings (SSSR count). The first-order valence-corrected chi connectivity index (χ1v) is 14.7. The van der Waals surface area contributed by atoms with Crippen molar-refractivity contribution in [3.63, 3.8) is 0 Å². The van der Waals surface area contributed by atoms with Crippen LogP contribution in [0.4, 0.5) is 27.4 Å². The molecule has 2 aromatic carbocycles. The van der Waals surface area contributed by atoms with Crippen molar-refractivity contribution in [2.75, 3.05) is 68.5 Å². The largest absolute Gasteiger partial charge is 0.368 e. The normalized spacial score (nSPS) is 18.0. The van der Waals surface area contributed by atoms with Crippen LogP contribution >= 0.6 is 0 Å². The number of nitrogens with one attached hydrogen (secondary N) is 1. The summed E-state index contributed by atoms with van der Waals surface area (Å²) in [5, 5.41) is 3.12. The molecular formula is C32H41FN8O2. The fourth-order valence-corrected chi connectivity index (χ4v) is 6.28. The number of anilines is 4. The van der Waals surface area contributed by atoms with Gasteiger partial charge in [0.15, 0.2) is 0 Å². The van der Waals surface area contributed by atoms with E-state index in [-0.39, 0.29) is 17.1 Å². The molecule has 2 aliphatic heterocycles.